The second kappa shape index (κ2) is 7.83. The number of carbonyl (C=O) groups excluding carboxylic acids is 1. The number of piperazine rings is 1. The molecule has 148 valence electrons. The monoisotopic (exact) mass is 390 g/mol. The van der Waals surface area contributed by atoms with Gasteiger partial charge in [0.1, 0.15) is 5.69 Å². The molecule has 1 aliphatic rings. The molecule has 1 N–H and O–H groups in total. The van der Waals surface area contributed by atoms with Crippen LogP contribution in [0.25, 0.3) is 11.3 Å². The van der Waals surface area contributed by atoms with Gasteiger partial charge in [-0.1, -0.05) is 23.8 Å². The van der Waals surface area contributed by atoms with Crippen molar-refractivity contribution in [1.82, 2.24) is 24.8 Å². The maximum atomic E-state index is 13.0. The van der Waals surface area contributed by atoms with Crippen molar-refractivity contribution >= 4 is 11.9 Å². The second-order valence-electron chi connectivity index (χ2n) is 7.13. The van der Waals surface area contributed by atoms with E-state index in [2.05, 4.69) is 19.9 Å². The molecule has 1 saturated heterocycles. The van der Waals surface area contributed by atoms with Crippen LogP contribution < -0.4 is 10.6 Å². The summed E-state index contributed by atoms with van der Waals surface area (Å²) in [4.78, 5) is 44.1. The lowest BCUT2D eigenvalue weighted by molar-refractivity contribution is 0.0740. The van der Waals surface area contributed by atoms with Crippen LogP contribution in [0.4, 0.5) is 5.95 Å². The Bertz CT molecular complexity index is 1090. The van der Waals surface area contributed by atoms with Crippen LogP contribution in [-0.4, -0.2) is 56.9 Å². The molecule has 29 heavy (non-hydrogen) atoms. The third-order valence-electron chi connectivity index (χ3n) is 5.03. The Hall–Kier alpha value is -3.55. The molecular formula is C21H22N6O2. The Labute approximate surface area is 168 Å². The zero-order valence-electron chi connectivity index (χ0n) is 16.4. The maximum Gasteiger partial charge on any atom is 0.346 e. The zero-order chi connectivity index (χ0) is 20.4. The van der Waals surface area contributed by atoms with E-state index < -0.39 is 5.69 Å². The first-order chi connectivity index (χ1) is 14.0. The van der Waals surface area contributed by atoms with Crippen molar-refractivity contribution in [2.24, 2.45) is 0 Å². The van der Waals surface area contributed by atoms with E-state index in [0.717, 1.165) is 16.7 Å². The molecule has 2 aromatic heterocycles. The molecule has 1 aliphatic heterocycles. The van der Waals surface area contributed by atoms with Gasteiger partial charge in [0.25, 0.3) is 5.91 Å². The normalized spacial score (nSPS) is 14.1. The van der Waals surface area contributed by atoms with Crippen LogP contribution in [0.5, 0.6) is 0 Å². The van der Waals surface area contributed by atoms with Gasteiger partial charge in [0.15, 0.2) is 0 Å². The second-order valence-corrected chi connectivity index (χ2v) is 7.13. The van der Waals surface area contributed by atoms with Gasteiger partial charge in [-0.05, 0) is 31.5 Å². The van der Waals surface area contributed by atoms with E-state index in [4.69, 9.17) is 0 Å². The zero-order valence-corrected chi connectivity index (χ0v) is 16.4. The van der Waals surface area contributed by atoms with Gasteiger partial charge in [0.2, 0.25) is 5.95 Å². The minimum Gasteiger partial charge on any atom is -0.337 e. The smallest absolute Gasteiger partial charge is 0.337 e. The summed E-state index contributed by atoms with van der Waals surface area (Å²) in [6.07, 6.45) is 3.41. The first-order valence-electron chi connectivity index (χ1n) is 9.51. The van der Waals surface area contributed by atoms with Gasteiger partial charge in [0.05, 0.1) is 5.69 Å². The van der Waals surface area contributed by atoms with Crippen LogP contribution in [-0.2, 0) is 0 Å². The summed E-state index contributed by atoms with van der Waals surface area (Å²) < 4.78 is 0. The fourth-order valence-corrected chi connectivity index (χ4v) is 3.55. The SMILES string of the molecule is Cc1ccc(-c2cc(C(=O)N3CCN(c4ncccn4)CC3)[nH]c(=O)n2)c(C)c1. The van der Waals surface area contributed by atoms with Gasteiger partial charge in [-0.3, -0.25) is 4.79 Å². The number of rotatable bonds is 3. The van der Waals surface area contributed by atoms with Gasteiger partial charge >= 0.3 is 5.69 Å². The van der Waals surface area contributed by atoms with Crippen molar-refractivity contribution in [3.8, 4) is 11.3 Å². The number of hydrogen-bond acceptors (Lipinski definition) is 6. The Kier molecular flexibility index (Phi) is 5.07. The Balaban J connectivity index is 1.54. The Morgan fingerprint density at radius 1 is 1.03 bits per heavy atom. The molecule has 4 rings (SSSR count). The first-order valence-corrected chi connectivity index (χ1v) is 9.51. The third kappa shape index (κ3) is 4.01. The van der Waals surface area contributed by atoms with Gasteiger partial charge in [-0.2, -0.15) is 4.98 Å². The molecular weight excluding hydrogens is 368 g/mol. The molecule has 3 aromatic rings. The molecule has 1 fully saturated rings. The average Bonchev–Trinajstić information content (AvgIpc) is 2.73. The van der Waals surface area contributed by atoms with Crippen LogP contribution in [0.2, 0.25) is 0 Å². The summed E-state index contributed by atoms with van der Waals surface area (Å²) in [5.74, 6) is 0.457. The summed E-state index contributed by atoms with van der Waals surface area (Å²) in [5, 5.41) is 0. The van der Waals surface area contributed by atoms with E-state index in [1.54, 1.807) is 29.4 Å². The summed E-state index contributed by atoms with van der Waals surface area (Å²) in [5.41, 5.74) is 3.23. The number of anilines is 1. The van der Waals surface area contributed by atoms with Gasteiger partial charge in [-0.25, -0.2) is 14.8 Å². The van der Waals surface area contributed by atoms with Crippen molar-refractivity contribution in [3.63, 3.8) is 0 Å². The van der Waals surface area contributed by atoms with Crippen LogP contribution >= 0.6 is 0 Å². The van der Waals surface area contributed by atoms with E-state index >= 15 is 0 Å². The molecule has 0 unspecified atom stereocenters. The Morgan fingerprint density at radius 3 is 2.45 bits per heavy atom. The van der Waals surface area contributed by atoms with E-state index in [1.165, 1.54) is 0 Å². The molecule has 1 amide bonds. The van der Waals surface area contributed by atoms with Crippen molar-refractivity contribution < 1.29 is 4.79 Å². The fourth-order valence-electron chi connectivity index (χ4n) is 3.55. The summed E-state index contributed by atoms with van der Waals surface area (Å²) in [7, 11) is 0. The van der Waals surface area contributed by atoms with Crippen molar-refractivity contribution in [1.29, 1.82) is 0 Å². The molecule has 0 spiro atoms. The number of H-pyrrole nitrogens is 1. The van der Waals surface area contributed by atoms with E-state index in [1.807, 2.05) is 36.9 Å². The molecule has 0 aliphatic carbocycles. The fraction of sp³-hybridized carbons (Fsp3) is 0.286. The number of aryl methyl sites for hydroxylation is 2. The highest BCUT2D eigenvalue weighted by Crippen LogP contribution is 2.22. The minimum absolute atomic E-state index is 0.204. The highest BCUT2D eigenvalue weighted by atomic mass is 16.2. The van der Waals surface area contributed by atoms with Crippen LogP contribution in [0, 0.1) is 13.8 Å². The number of hydrogen-bond donors (Lipinski definition) is 1. The summed E-state index contributed by atoms with van der Waals surface area (Å²) in [6.45, 7) is 6.30. The van der Waals surface area contributed by atoms with Crippen molar-refractivity contribution in [2.75, 3.05) is 31.1 Å². The lowest BCUT2D eigenvalue weighted by atomic mass is 10.0. The van der Waals surface area contributed by atoms with E-state index in [9.17, 15) is 9.59 Å². The molecule has 0 saturated carbocycles. The molecule has 0 atom stereocenters. The predicted molar refractivity (Wildman–Crippen MR) is 110 cm³/mol. The Morgan fingerprint density at radius 2 is 1.76 bits per heavy atom. The molecule has 3 heterocycles. The van der Waals surface area contributed by atoms with Crippen LogP contribution in [0.15, 0.2) is 47.5 Å². The highest BCUT2D eigenvalue weighted by Gasteiger charge is 2.24. The molecule has 0 bridgehead atoms. The quantitative estimate of drug-likeness (QED) is 0.733. The lowest BCUT2D eigenvalue weighted by Crippen LogP contribution is -2.49. The van der Waals surface area contributed by atoms with E-state index in [-0.39, 0.29) is 11.6 Å². The van der Waals surface area contributed by atoms with E-state index in [0.29, 0.717) is 37.8 Å². The number of aromatic amines is 1. The lowest BCUT2D eigenvalue weighted by Gasteiger charge is -2.34. The first kappa shape index (κ1) is 18.8. The molecule has 8 nitrogen and oxygen atoms in total. The summed E-state index contributed by atoms with van der Waals surface area (Å²) >= 11 is 0. The topological polar surface area (TPSA) is 95.1 Å². The minimum atomic E-state index is -0.526. The van der Waals surface area contributed by atoms with Crippen molar-refractivity contribution in [2.45, 2.75) is 13.8 Å². The van der Waals surface area contributed by atoms with Gasteiger partial charge in [0, 0.05) is 44.1 Å². The molecule has 1 aromatic carbocycles. The summed E-state index contributed by atoms with van der Waals surface area (Å²) in [6, 6.07) is 9.37. The standard InChI is InChI=1S/C21H22N6O2/c1-14-4-5-16(15(2)12-14)17-13-18(25-21(29)24-17)19(28)26-8-10-27(11-9-26)20-22-6-3-7-23-20/h3-7,12-13H,8-11H2,1-2H3,(H,24,25,29). The third-order valence-corrected chi connectivity index (χ3v) is 5.03. The number of amides is 1. The number of benzene rings is 1. The van der Waals surface area contributed by atoms with Crippen molar-refractivity contribution in [3.05, 3.63) is 70.0 Å². The van der Waals surface area contributed by atoms with Crippen LogP contribution in [0.3, 0.4) is 0 Å². The average molecular weight is 390 g/mol. The largest absolute Gasteiger partial charge is 0.346 e. The number of nitrogens with one attached hydrogen (secondary N) is 1. The molecule has 0 radical (unpaired) electrons. The maximum absolute atomic E-state index is 13.0. The number of nitrogens with zero attached hydrogens (tertiary/aromatic N) is 5. The predicted octanol–water partition coefficient (Wildman–Crippen LogP) is 1.81. The highest BCUT2D eigenvalue weighted by molar-refractivity contribution is 5.93. The van der Waals surface area contributed by atoms with Crippen LogP contribution in [0.1, 0.15) is 21.6 Å². The number of aromatic nitrogens is 4. The van der Waals surface area contributed by atoms with Gasteiger partial charge in [-0.15, -0.1) is 0 Å². The number of carbonyl (C=O) groups is 1. The molecule has 8 heteroatoms. The van der Waals surface area contributed by atoms with Gasteiger partial charge < -0.3 is 14.8 Å².